The van der Waals surface area contributed by atoms with Gasteiger partial charge in [0.15, 0.2) is 0 Å². The zero-order valence-electron chi connectivity index (χ0n) is 13.9. The van der Waals surface area contributed by atoms with Gasteiger partial charge in [0.25, 0.3) is 0 Å². The topological polar surface area (TPSA) is 49.3 Å². The number of carboxylic acid groups (broad SMARTS) is 1. The Morgan fingerprint density at radius 2 is 1.75 bits per heavy atom. The van der Waals surface area contributed by atoms with Crippen molar-refractivity contribution in [2.24, 2.45) is 0 Å². The lowest BCUT2D eigenvalue weighted by atomic mass is 9.82. The number of hydrogen-bond acceptors (Lipinski definition) is 2. The number of rotatable bonds is 4. The molecule has 2 aromatic rings. The molecule has 0 spiro atoms. The van der Waals surface area contributed by atoms with Crippen molar-refractivity contribution in [3.8, 4) is 0 Å². The zero-order valence-corrected chi connectivity index (χ0v) is 13.9. The maximum absolute atomic E-state index is 11.5. The van der Waals surface area contributed by atoms with Gasteiger partial charge in [0.1, 0.15) is 0 Å². The third kappa shape index (κ3) is 3.40. The lowest BCUT2D eigenvalue weighted by Gasteiger charge is -2.34. The van der Waals surface area contributed by atoms with E-state index in [2.05, 4.69) is 43.4 Å². The van der Waals surface area contributed by atoms with Gasteiger partial charge in [-0.3, -0.25) is 0 Å². The number of anilines is 1. The summed E-state index contributed by atoms with van der Waals surface area (Å²) in [4.78, 5) is 11.5. The van der Waals surface area contributed by atoms with Crippen LogP contribution in [0.4, 0.5) is 5.69 Å². The Kier molecular flexibility index (Phi) is 4.26. The minimum atomic E-state index is -0.919. The first kappa shape index (κ1) is 16.1. The Hall–Kier alpha value is -2.81. The van der Waals surface area contributed by atoms with Crippen molar-refractivity contribution >= 4 is 17.2 Å². The van der Waals surface area contributed by atoms with E-state index in [1.807, 2.05) is 30.3 Å². The van der Waals surface area contributed by atoms with Crippen LogP contribution in [0.15, 0.2) is 72.3 Å². The van der Waals surface area contributed by atoms with E-state index in [9.17, 15) is 9.90 Å². The third-order valence-electron chi connectivity index (χ3n) is 4.23. The van der Waals surface area contributed by atoms with E-state index in [0.29, 0.717) is 11.3 Å². The van der Waals surface area contributed by atoms with Crippen molar-refractivity contribution in [2.45, 2.75) is 25.8 Å². The van der Waals surface area contributed by atoms with E-state index < -0.39 is 5.97 Å². The van der Waals surface area contributed by atoms with Crippen LogP contribution in [0.1, 0.15) is 36.2 Å². The fourth-order valence-corrected chi connectivity index (χ4v) is 3.32. The Labute approximate surface area is 142 Å². The van der Waals surface area contributed by atoms with E-state index in [-0.39, 0.29) is 5.54 Å². The van der Waals surface area contributed by atoms with Crippen LogP contribution < -0.4 is 5.32 Å². The van der Waals surface area contributed by atoms with Gasteiger partial charge in [0, 0.05) is 5.69 Å². The van der Waals surface area contributed by atoms with Crippen LogP contribution in [0, 0.1) is 0 Å². The van der Waals surface area contributed by atoms with Crippen molar-refractivity contribution in [3.63, 3.8) is 0 Å². The second-order valence-corrected chi connectivity index (χ2v) is 6.49. The number of aromatic carboxylic acids is 1. The van der Waals surface area contributed by atoms with Crippen LogP contribution in [0.3, 0.4) is 0 Å². The first-order chi connectivity index (χ1) is 11.5. The van der Waals surface area contributed by atoms with Crippen LogP contribution >= 0.6 is 0 Å². The van der Waals surface area contributed by atoms with Crippen molar-refractivity contribution in [3.05, 3.63) is 83.4 Å². The minimum absolute atomic E-state index is 0.292. The summed E-state index contributed by atoms with van der Waals surface area (Å²) >= 11 is 0. The maximum Gasteiger partial charge on any atom is 0.337 e. The lowest BCUT2D eigenvalue weighted by Crippen LogP contribution is -2.35. The Morgan fingerprint density at radius 3 is 2.46 bits per heavy atom. The van der Waals surface area contributed by atoms with Crippen LogP contribution in [-0.2, 0) is 0 Å². The largest absolute Gasteiger partial charge is 0.478 e. The van der Waals surface area contributed by atoms with E-state index >= 15 is 0 Å². The SMILES string of the molecule is CC1=CC(C)(Nc2ccccc2C(=O)O)CC(c2ccccc2)=C1. The number of para-hydroxylation sites is 1. The summed E-state index contributed by atoms with van der Waals surface area (Å²) in [5.41, 5.74) is 4.22. The number of carbonyl (C=O) groups is 1. The summed E-state index contributed by atoms with van der Waals surface area (Å²) in [7, 11) is 0. The molecule has 0 amide bonds. The van der Waals surface area contributed by atoms with Gasteiger partial charge in [-0.05, 0) is 43.5 Å². The van der Waals surface area contributed by atoms with E-state index in [1.54, 1.807) is 12.1 Å². The molecular weight excluding hydrogens is 298 g/mol. The number of hydrogen-bond donors (Lipinski definition) is 2. The molecule has 1 atom stereocenters. The molecule has 0 aromatic heterocycles. The number of allylic oxidation sites excluding steroid dienone is 2. The van der Waals surface area contributed by atoms with Crippen molar-refractivity contribution in [1.29, 1.82) is 0 Å². The first-order valence-electron chi connectivity index (χ1n) is 8.03. The molecule has 1 aliphatic carbocycles. The molecule has 0 aliphatic heterocycles. The average molecular weight is 319 g/mol. The predicted octanol–water partition coefficient (Wildman–Crippen LogP) is 4.99. The lowest BCUT2D eigenvalue weighted by molar-refractivity contribution is 0.0698. The molecule has 122 valence electrons. The maximum atomic E-state index is 11.5. The number of nitrogens with one attached hydrogen (secondary N) is 1. The van der Waals surface area contributed by atoms with Gasteiger partial charge in [0.2, 0.25) is 0 Å². The summed E-state index contributed by atoms with van der Waals surface area (Å²) in [5.74, 6) is -0.919. The molecule has 0 bridgehead atoms. The summed E-state index contributed by atoms with van der Waals surface area (Å²) in [6, 6.07) is 17.3. The fourth-order valence-electron chi connectivity index (χ4n) is 3.32. The molecule has 24 heavy (non-hydrogen) atoms. The first-order valence-corrected chi connectivity index (χ1v) is 8.03. The smallest absolute Gasteiger partial charge is 0.337 e. The quantitative estimate of drug-likeness (QED) is 0.834. The molecule has 2 N–H and O–H groups in total. The molecule has 0 saturated carbocycles. The Morgan fingerprint density at radius 1 is 1.08 bits per heavy atom. The van der Waals surface area contributed by atoms with Crippen LogP contribution in [0.2, 0.25) is 0 Å². The second-order valence-electron chi connectivity index (χ2n) is 6.49. The highest BCUT2D eigenvalue weighted by Gasteiger charge is 2.28. The predicted molar refractivity (Wildman–Crippen MR) is 98.2 cm³/mol. The molecule has 3 heteroatoms. The average Bonchev–Trinajstić information content (AvgIpc) is 2.54. The molecule has 0 saturated heterocycles. The molecule has 1 aliphatic rings. The Bertz CT molecular complexity index is 821. The van der Waals surface area contributed by atoms with E-state index in [1.165, 1.54) is 16.7 Å². The third-order valence-corrected chi connectivity index (χ3v) is 4.23. The molecule has 1 unspecified atom stereocenters. The Balaban J connectivity index is 1.92. The highest BCUT2D eigenvalue weighted by atomic mass is 16.4. The molecule has 0 heterocycles. The van der Waals surface area contributed by atoms with Gasteiger partial charge in [-0.15, -0.1) is 0 Å². The summed E-state index contributed by atoms with van der Waals surface area (Å²) in [5, 5.41) is 12.8. The normalized spacial score (nSPS) is 20.1. The fraction of sp³-hybridized carbons (Fsp3) is 0.190. The zero-order chi connectivity index (χ0) is 17.2. The monoisotopic (exact) mass is 319 g/mol. The molecule has 0 fully saturated rings. The molecule has 3 nitrogen and oxygen atoms in total. The van der Waals surface area contributed by atoms with Gasteiger partial charge < -0.3 is 10.4 Å². The summed E-state index contributed by atoms with van der Waals surface area (Å²) < 4.78 is 0. The summed E-state index contributed by atoms with van der Waals surface area (Å²) in [6.45, 7) is 4.18. The molecular formula is C21H21NO2. The molecule has 0 radical (unpaired) electrons. The highest BCUT2D eigenvalue weighted by molar-refractivity contribution is 5.94. The summed E-state index contributed by atoms with van der Waals surface area (Å²) in [6.07, 6.45) is 5.16. The number of carboxylic acids is 1. The standard InChI is InChI=1S/C21H21NO2/c1-15-12-17(16-8-4-3-5-9-16)14-21(2,13-15)22-19-11-7-6-10-18(19)20(23)24/h3-13,22H,14H2,1-2H3,(H,23,24). The molecule has 3 rings (SSSR count). The van der Waals surface area contributed by atoms with Crippen LogP contribution in [-0.4, -0.2) is 16.6 Å². The number of benzene rings is 2. The van der Waals surface area contributed by atoms with Crippen LogP contribution in [0.25, 0.3) is 5.57 Å². The van der Waals surface area contributed by atoms with Crippen molar-refractivity contribution < 1.29 is 9.90 Å². The minimum Gasteiger partial charge on any atom is -0.478 e. The van der Waals surface area contributed by atoms with Crippen molar-refractivity contribution in [2.75, 3.05) is 5.32 Å². The second kappa shape index (κ2) is 6.36. The van der Waals surface area contributed by atoms with Gasteiger partial charge in [0.05, 0.1) is 11.1 Å². The van der Waals surface area contributed by atoms with Gasteiger partial charge in [-0.1, -0.05) is 60.2 Å². The molecule has 2 aromatic carbocycles. The van der Waals surface area contributed by atoms with E-state index in [0.717, 1.165) is 6.42 Å². The van der Waals surface area contributed by atoms with Gasteiger partial charge >= 0.3 is 5.97 Å². The van der Waals surface area contributed by atoms with Crippen molar-refractivity contribution in [1.82, 2.24) is 0 Å². The van der Waals surface area contributed by atoms with E-state index in [4.69, 9.17) is 0 Å². The highest BCUT2D eigenvalue weighted by Crippen LogP contribution is 2.35. The van der Waals surface area contributed by atoms with Gasteiger partial charge in [-0.25, -0.2) is 4.79 Å². The van der Waals surface area contributed by atoms with Gasteiger partial charge in [-0.2, -0.15) is 0 Å². The van der Waals surface area contributed by atoms with Crippen LogP contribution in [0.5, 0.6) is 0 Å².